The van der Waals surface area contributed by atoms with Gasteiger partial charge in [0.15, 0.2) is 11.5 Å². The second-order valence-electron chi connectivity index (χ2n) is 6.47. The molecular weight excluding hydrogens is 350 g/mol. The van der Waals surface area contributed by atoms with Crippen molar-refractivity contribution >= 4 is 23.5 Å². The van der Waals surface area contributed by atoms with Gasteiger partial charge in [0, 0.05) is 17.3 Å². The summed E-state index contributed by atoms with van der Waals surface area (Å²) in [5.74, 6) is 2.67. The number of halogens is 1. The number of rotatable bonds is 8. The molecule has 0 bridgehead atoms. The molecule has 2 aromatic rings. The predicted molar refractivity (Wildman–Crippen MR) is 108 cm³/mol. The van der Waals surface area contributed by atoms with E-state index in [9.17, 15) is 0 Å². The molecule has 5 heteroatoms. The molecule has 0 saturated carbocycles. The van der Waals surface area contributed by atoms with Crippen molar-refractivity contribution in [2.45, 2.75) is 27.2 Å². The monoisotopic (exact) mass is 375 g/mol. The lowest BCUT2D eigenvalue weighted by Gasteiger charge is -2.12. The first-order chi connectivity index (χ1) is 12.4. The first-order valence-electron chi connectivity index (χ1n) is 8.63. The zero-order chi connectivity index (χ0) is 19.1. The van der Waals surface area contributed by atoms with Crippen LogP contribution in [0.25, 0.3) is 0 Å². The van der Waals surface area contributed by atoms with E-state index < -0.39 is 0 Å². The molecule has 0 aliphatic carbocycles. The van der Waals surface area contributed by atoms with Crippen LogP contribution in [0.4, 0.5) is 5.69 Å². The van der Waals surface area contributed by atoms with Crippen molar-refractivity contribution < 1.29 is 14.2 Å². The smallest absolute Gasteiger partial charge is 0.161 e. The molecule has 0 amide bonds. The molecule has 0 heterocycles. The summed E-state index contributed by atoms with van der Waals surface area (Å²) in [6.45, 7) is 6.95. The van der Waals surface area contributed by atoms with Crippen LogP contribution in [0.1, 0.15) is 31.4 Å². The number of hydrogen-bond donors (Lipinski definition) is 0. The first kappa shape index (κ1) is 20.1. The fourth-order valence-corrected chi connectivity index (χ4v) is 2.50. The van der Waals surface area contributed by atoms with Crippen molar-refractivity contribution in [1.82, 2.24) is 0 Å². The summed E-state index contributed by atoms with van der Waals surface area (Å²) in [4.78, 5) is 4.53. The number of nitrogens with zero attached hydrogens (tertiary/aromatic N) is 1. The van der Waals surface area contributed by atoms with Crippen LogP contribution in [0.15, 0.2) is 35.3 Å². The zero-order valence-corrected chi connectivity index (χ0v) is 16.8. The molecule has 0 unspecified atom stereocenters. The van der Waals surface area contributed by atoms with Crippen molar-refractivity contribution in [2.75, 3.05) is 20.8 Å². The highest BCUT2D eigenvalue weighted by Gasteiger charge is 2.08. The molecule has 0 aromatic heterocycles. The van der Waals surface area contributed by atoms with Crippen molar-refractivity contribution in [1.29, 1.82) is 0 Å². The third kappa shape index (κ3) is 5.40. The maximum Gasteiger partial charge on any atom is 0.161 e. The third-order valence-electron chi connectivity index (χ3n) is 3.95. The summed E-state index contributed by atoms with van der Waals surface area (Å²) in [6.07, 6.45) is 2.77. The van der Waals surface area contributed by atoms with Crippen LogP contribution in [-0.4, -0.2) is 27.0 Å². The molecule has 2 rings (SSSR count). The Morgan fingerprint density at radius 3 is 2.42 bits per heavy atom. The molecule has 0 fully saturated rings. The Balaban J connectivity index is 2.19. The molecule has 0 radical (unpaired) electrons. The van der Waals surface area contributed by atoms with Gasteiger partial charge in [-0.25, -0.2) is 0 Å². The Morgan fingerprint density at radius 2 is 1.77 bits per heavy atom. The number of benzene rings is 2. The summed E-state index contributed by atoms with van der Waals surface area (Å²) in [6, 6.07) is 9.44. The van der Waals surface area contributed by atoms with Gasteiger partial charge in [-0.2, -0.15) is 0 Å². The minimum absolute atomic E-state index is 0.602. The lowest BCUT2D eigenvalue weighted by Crippen LogP contribution is -2.03. The second kappa shape index (κ2) is 9.48. The summed E-state index contributed by atoms with van der Waals surface area (Å²) >= 11 is 6.14. The van der Waals surface area contributed by atoms with Crippen LogP contribution < -0.4 is 14.2 Å². The molecule has 140 valence electrons. The number of aryl methyl sites for hydroxylation is 1. The van der Waals surface area contributed by atoms with Crippen LogP contribution in [-0.2, 0) is 0 Å². The zero-order valence-electron chi connectivity index (χ0n) is 16.0. The largest absolute Gasteiger partial charge is 0.494 e. The van der Waals surface area contributed by atoms with Gasteiger partial charge in [-0.05, 0) is 54.7 Å². The normalized spacial score (nSPS) is 11.2. The van der Waals surface area contributed by atoms with Crippen molar-refractivity contribution in [2.24, 2.45) is 10.9 Å². The lowest BCUT2D eigenvalue weighted by molar-refractivity contribution is 0.273. The van der Waals surface area contributed by atoms with Gasteiger partial charge in [-0.1, -0.05) is 25.4 Å². The molecule has 0 saturated heterocycles. The van der Waals surface area contributed by atoms with Gasteiger partial charge in [0.05, 0.1) is 20.8 Å². The number of hydrogen-bond acceptors (Lipinski definition) is 4. The summed E-state index contributed by atoms with van der Waals surface area (Å²) < 4.78 is 16.6. The average molecular weight is 376 g/mol. The van der Waals surface area contributed by atoms with Crippen LogP contribution >= 0.6 is 11.6 Å². The minimum atomic E-state index is 0.602. The Labute approximate surface area is 160 Å². The molecular formula is C21H26ClNO3. The molecule has 2 aromatic carbocycles. The van der Waals surface area contributed by atoms with Crippen molar-refractivity contribution in [3.8, 4) is 17.2 Å². The highest BCUT2D eigenvalue weighted by Crippen LogP contribution is 2.33. The maximum absolute atomic E-state index is 6.14. The van der Waals surface area contributed by atoms with E-state index in [-0.39, 0.29) is 0 Å². The maximum atomic E-state index is 6.14. The third-order valence-corrected chi connectivity index (χ3v) is 4.36. The average Bonchev–Trinajstić information content (AvgIpc) is 2.62. The number of ether oxygens (including phenoxy) is 3. The molecule has 26 heavy (non-hydrogen) atoms. The van der Waals surface area contributed by atoms with E-state index >= 15 is 0 Å². The van der Waals surface area contributed by atoms with Crippen molar-refractivity contribution in [3.05, 3.63) is 46.5 Å². The van der Waals surface area contributed by atoms with E-state index in [4.69, 9.17) is 25.8 Å². The molecule has 0 N–H and O–H groups in total. The highest BCUT2D eigenvalue weighted by atomic mass is 35.5. The van der Waals surface area contributed by atoms with Crippen LogP contribution in [0.5, 0.6) is 17.2 Å². The molecule has 0 atom stereocenters. The fraction of sp³-hybridized carbons (Fsp3) is 0.381. The second-order valence-corrected chi connectivity index (χ2v) is 6.88. The number of methoxy groups -OCH3 is 2. The summed E-state index contributed by atoms with van der Waals surface area (Å²) in [5, 5.41) is 0.658. The summed E-state index contributed by atoms with van der Waals surface area (Å²) in [5.41, 5.74) is 2.59. The highest BCUT2D eigenvalue weighted by molar-refractivity contribution is 6.31. The van der Waals surface area contributed by atoms with Gasteiger partial charge in [0.2, 0.25) is 0 Å². The lowest BCUT2D eigenvalue weighted by atomic mass is 10.1. The molecule has 0 spiro atoms. The van der Waals surface area contributed by atoms with Crippen LogP contribution in [0.2, 0.25) is 5.02 Å². The summed E-state index contributed by atoms with van der Waals surface area (Å²) in [7, 11) is 3.24. The van der Waals surface area contributed by atoms with E-state index in [0.717, 1.165) is 29.0 Å². The van der Waals surface area contributed by atoms with Gasteiger partial charge in [0.25, 0.3) is 0 Å². The Morgan fingerprint density at radius 1 is 1.04 bits per heavy atom. The minimum Gasteiger partial charge on any atom is -0.494 e. The Bertz CT molecular complexity index is 772. The SMILES string of the molecule is COc1cc(Cl)c(C)cc1N=Cc1ccc(OCCC(C)C)c(OC)c1. The molecule has 0 aliphatic rings. The van der Waals surface area contributed by atoms with Gasteiger partial charge < -0.3 is 14.2 Å². The number of aliphatic imine (C=N–C) groups is 1. The standard InChI is InChI=1S/C21H26ClNO3/c1-14(2)8-9-26-19-7-6-16(11-21(19)25-5)13-23-18-10-15(3)17(22)12-20(18)24-4/h6-7,10-14H,8-9H2,1-5H3. The molecule has 4 nitrogen and oxygen atoms in total. The first-order valence-corrected chi connectivity index (χ1v) is 9.01. The molecule has 0 aliphatic heterocycles. The Kier molecular flexibility index (Phi) is 7.34. The quantitative estimate of drug-likeness (QED) is 0.544. The van der Waals surface area contributed by atoms with Crippen LogP contribution in [0.3, 0.4) is 0 Å². The van der Waals surface area contributed by atoms with E-state index in [1.165, 1.54) is 0 Å². The fourth-order valence-electron chi connectivity index (χ4n) is 2.34. The van der Waals surface area contributed by atoms with E-state index in [1.807, 2.05) is 31.2 Å². The van der Waals surface area contributed by atoms with E-state index in [2.05, 4.69) is 18.8 Å². The van der Waals surface area contributed by atoms with E-state index in [1.54, 1.807) is 26.5 Å². The Hall–Kier alpha value is -2.20. The van der Waals surface area contributed by atoms with Gasteiger partial charge in [0.1, 0.15) is 11.4 Å². The predicted octanol–water partition coefficient (Wildman–Crippen LogP) is 5.84. The van der Waals surface area contributed by atoms with Gasteiger partial charge in [-0.3, -0.25) is 4.99 Å². The van der Waals surface area contributed by atoms with Gasteiger partial charge in [-0.15, -0.1) is 0 Å². The van der Waals surface area contributed by atoms with Crippen molar-refractivity contribution in [3.63, 3.8) is 0 Å². The topological polar surface area (TPSA) is 40.0 Å². The van der Waals surface area contributed by atoms with Gasteiger partial charge >= 0.3 is 0 Å². The van der Waals surface area contributed by atoms with Crippen LogP contribution in [0, 0.1) is 12.8 Å². The van der Waals surface area contributed by atoms with E-state index in [0.29, 0.717) is 29.0 Å².